The van der Waals surface area contributed by atoms with Crippen LogP contribution in [0.3, 0.4) is 0 Å². The van der Waals surface area contributed by atoms with Gasteiger partial charge in [0.1, 0.15) is 11.4 Å². The molecule has 0 aliphatic heterocycles. The molecule has 0 fully saturated rings. The van der Waals surface area contributed by atoms with Crippen LogP contribution in [0.4, 0.5) is 15.3 Å². The van der Waals surface area contributed by atoms with Gasteiger partial charge in [0, 0.05) is 0 Å². The predicted octanol–water partition coefficient (Wildman–Crippen LogP) is 2.66. The Morgan fingerprint density at radius 3 is 2.50 bits per heavy atom. The molecule has 0 aromatic heterocycles. The number of rotatable bonds is 6. The standard InChI is InChI=1S/C16H25N3O5/c1-11(17-15(21)24-16(2,3)4)10-23-19-14(20)18-12-8-6-7-9-13(12)22-5/h6-9,11H,10H2,1-5H3,(H,17,21)(H2,18,19,20). The van der Waals surface area contributed by atoms with Crippen LogP contribution in [0, 0.1) is 0 Å². The van der Waals surface area contributed by atoms with Crippen molar-refractivity contribution in [2.24, 2.45) is 0 Å². The van der Waals surface area contributed by atoms with Crippen LogP contribution < -0.4 is 20.9 Å². The second kappa shape index (κ2) is 8.97. The number of hydrogen-bond acceptors (Lipinski definition) is 5. The number of methoxy groups -OCH3 is 1. The fourth-order valence-corrected chi connectivity index (χ4v) is 1.68. The molecule has 0 aliphatic carbocycles. The Labute approximate surface area is 141 Å². The monoisotopic (exact) mass is 339 g/mol. The molecule has 0 saturated carbocycles. The van der Waals surface area contributed by atoms with Crippen molar-refractivity contribution in [3.63, 3.8) is 0 Å². The lowest BCUT2D eigenvalue weighted by molar-refractivity contribution is 0.0343. The zero-order chi connectivity index (χ0) is 18.2. The minimum absolute atomic E-state index is 0.0819. The number of para-hydroxylation sites is 2. The quantitative estimate of drug-likeness (QED) is 0.692. The first kappa shape index (κ1) is 19.6. The van der Waals surface area contributed by atoms with Crippen LogP contribution in [-0.2, 0) is 9.57 Å². The normalized spacial score (nSPS) is 12.0. The van der Waals surface area contributed by atoms with Gasteiger partial charge in [-0.1, -0.05) is 12.1 Å². The number of carbonyl (C=O) groups excluding carboxylic acids is 2. The topological polar surface area (TPSA) is 97.9 Å². The molecule has 0 bridgehead atoms. The van der Waals surface area contributed by atoms with Crippen LogP contribution in [0.2, 0.25) is 0 Å². The van der Waals surface area contributed by atoms with Crippen molar-refractivity contribution in [2.75, 3.05) is 19.0 Å². The minimum atomic E-state index is -0.572. The number of hydrogen-bond donors (Lipinski definition) is 3. The van der Waals surface area contributed by atoms with E-state index in [4.69, 9.17) is 14.3 Å². The summed E-state index contributed by atoms with van der Waals surface area (Å²) in [7, 11) is 1.51. The highest BCUT2D eigenvalue weighted by Crippen LogP contribution is 2.22. The van der Waals surface area contributed by atoms with E-state index in [0.717, 1.165) is 0 Å². The van der Waals surface area contributed by atoms with E-state index in [0.29, 0.717) is 11.4 Å². The average molecular weight is 339 g/mol. The number of ether oxygens (including phenoxy) is 2. The van der Waals surface area contributed by atoms with Crippen LogP contribution in [0.1, 0.15) is 27.7 Å². The Hall–Kier alpha value is -2.48. The maximum atomic E-state index is 11.8. The zero-order valence-electron chi connectivity index (χ0n) is 14.6. The summed E-state index contributed by atoms with van der Waals surface area (Å²) in [5.74, 6) is 0.535. The van der Waals surface area contributed by atoms with Gasteiger partial charge in [-0.15, -0.1) is 0 Å². The Morgan fingerprint density at radius 1 is 1.21 bits per heavy atom. The van der Waals surface area contributed by atoms with Gasteiger partial charge < -0.3 is 20.1 Å². The van der Waals surface area contributed by atoms with Gasteiger partial charge in [0.05, 0.1) is 25.4 Å². The van der Waals surface area contributed by atoms with E-state index in [1.165, 1.54) is 7.11 Å². The summed E-state index contributed by atoms with van der Waals surface area (Å²) in [6.07, 6.45) is -0.544. The van der Waals surface area contributed by atoms with Crippen LogP contribution in [-0.4, -0.2) is 37.5 Å². The summed E-state index contributed by atoms with van der Waals surface area (Å²) >= 11 is 0. The molecule has 0 saturated heterocycles. The first-order valence-electron chi connectivity index (χ1n) is 7.52. The highest BCUT2D eigenvalue weighted by atomic mass is 16.7. The smallest absolute Gasteiger partial charge is 0.407 e. The molecule has 8 nitrogen and oxygen atoms in total. The fourth-order valence-electron chi connectivity index (χ4n) is 1.68. The third kappa shape index (κ3) is 7.68. The van der Waals surface area contributed by atoms with Gasteiger partial charge in [-0.3, -0.25) is 4.84 Å². The molecular weight excluding hydrogens is 314 g/mol. The molecule has 0 heterocycles. The lowest BCUT2D eigenvalue weighted by Crippen LogP contribution is -2.41. The molecule has 24 heavy (non-hydrogen) atoms. The van der Waals surface area contributed by atoms with E-state index < -0.39 is 17.7 Å². The molecule has 0 radical (unpaired) electrons. The first-order valence-corrected chi connectivity index (χ1v) is 7.52. The molecule has 0 aliphatic rings. The maximum absolute atomic E-state index is 11.8. The molecular formula is C16H25N3O5. The Kier molecular flexibility index (Phi) is 7.31. The van der Waals surface area contributed by atoms with Crippen LogP contribution in [0.25, 0.3) is 0 Å². The van der Waals surface area contributed by atoms with Crippen molar-refractivity contribution in [3.8, 4) is 5.75 Å². The number of anilines is 1. The van der Waals surface area contributed by atoms with E-state index in [2.05, 4.69) is 16.1 Å². The number of hydroxylamine groups is 1. The number of alkyl carbamates (subject to hydrolysis) is 1. The highest BCUT2D eigenvalue weighted by molar-refractivity contribution is 5.90. The van der Waals surface area contributed by atoms with Gasteiger partial charge in [0.2, 0.25) is 0 Å². The largest absolute Gasteiger partial charge is 0.495 e. The van der Waals surface area contributed by atoms with E-state index in [1.54, 1.807) is 52.0 Å². The van der Waals surface area contributed by atoms with Gasteiger partial charge in [0.15, 0.2) is 0 Å². The summed E-state index contributed by atoms with van der Waals surface area (Å²) in [5, 5.41) is 5.20. The van der Waals surface area contributed by atoms with Gasteiger partial charge in [-0.05, 0) is 39.8 Å². The molecule has 1 atom stereocenters. The van der Waals surface area contributed by atoms with E-state index in [1.807, 2.05) is 0 Å². The number of benzene rings is 1. The summed E-state index contributed by atoms with van der Waals surface area (Å²) in [4.78, 5) is 28.4. The van der Waals surface area contributed by atoms with Crippen molar-refractivity contribution in [1.29, 1.82) is 0 Å². The molecule has 1 aromatic rings. The second-order valence-electron chi connectivity index (χ2n) is 6.11. The number of urea groups is 1. The van der Waals surface area contributed by atoms with Gasteiger partial charge >= 0.3 is 12.1 Å². The molecule has 0 spiro atoms. The van der Waals surface area contributed by atoms with Crippen molar-refractivity contribution in [2.45, 2.75) is 39.3 Å². The molecule has 1 unspecified atom stereocenters. The number of carbonyl (C=O) groups is 2. The molecule has 1 rings (SSSR count). The zero-order valence-corrected chi connectivity index (χ0v) is 14.6. The molecule has 8 heteroatoms. The maximum Gasteiger partial charge on any atom is 0.407 e. The lowest BCUT2D eigenvalue weighted by Gasteiger charge is -2.21. The van der Waals surface area contributed by atoms with Crippen molar-refractivity contribution in [1.82, 2.24) is 10.8 Å². The summed E-state index contributed by atoms with van der Waals surface area (Å²) in [6.45, 7) is 7.13. The van der Waals surface area contributed by atoms with Gasteiger partial charge in [-0.2, -0.15) is 0 Å². The fraction of sp³-hybridized carbons (Fsp3) is 0.500. The Bertz CT molecular complexity index is 557. The number of amides is 3. The SMILES string of the molecule is COc1ccccc1NC(=O)NOCC(C)NC(=O)OC(C)(C)C. The first-order chi connectivity index (χ1) is 11.2. The van der Waals surface area contributed by atoms with Crippen molar-refractivity contribution < 1.29 is 23.9 Å². The third-order valence-electron chi connectivity index (χ3n) is 2.62. The third-order valence-corrected chi connectivity index (χ3v) is 2.62. The average Bonchev–Trinajstić information content (AvgIpc) is 2.45. The molecule has 1 aromatic carbocycles. The minimum Gasteiger partial charge on any atom is -0.495 e. The Morgan fingerprint density at radius 2 is 1.88 bits per heavy atom. The van der Waals surface area contributed by atoms with Crippen LogP contribution >= 0.6 is 0 Å². The second-order valence-corrected chi connectivity index (χ2v) is 6.11. The summed E-state index contributed by atoms with van der Waals surface area (Å²) < 4.78 is 10.2. The van der Waals surface area contributed by atoms with Crippen molar-refractivity contribution in [3.05, 3.63) is 24.3 Å². The van der Waals surface area contributed by atoms with Crippen LogP contribution in [0.5, 0.6) is 5.75 Å². The Balaban J connectivity index is 2.31. The highest BCUT2D eigenvalue weighted by Gasteiger charge is 2.17. The van der Waals surface area contributed by atoms with Gasteiger partial charge in [-0.25, -0.2) is 15.1 Å². The van der Waals surface area contributed by atoms with E-state index >= 15 is 0 Å². The predicted molar refractivity (Wildman–Crippen MR) is 89.9 cm³/mol. The lowest BCUT2D eigenvalue weighted by atomic mass is 10.2. The molecule has 3 amide bonds. The molecule has 3 N–H and O–H groups in total. The van der Waals surface area contributed by atoms with Crippen LogP contribution in [0.15, 0.2) is 24.3 Å². The summed E-state index contributed by atoms with van der Waals surface area (Å²) in [5.41, 5.74) is 2.18. The van der Waals surface area contributed by atoms with Gasteiger partial charge in [0.25, 0.3) is 0 Å². The molecule has 134 valence electrons. The van der Waals surface area contributed by atoms with Crippen molar-refractivity contribution >= 4 is 17.8 Å². The van der Waals surface area contributed by atoms with E-state index in [9.17, 15) is 9.59 Å². The number of nitrogens with one attached hydrogen (secondary N) is 3. The van der Waals surface area contributed by atoms with E-state index in [-0.39, 0.29) is 12.6 Å². The summed E-state index contributed by atoms with van der Waals surface area (Å²) in [6, 6.07) is 6.10.